The number of nitrogens with one attached hydrogen (secondary N) is 3. The number of hydrogen-bond donors (Lipinski definition) is 3. The Morgan fingerprint density at radius 3 is 2.70 bits per heavy atom. The summed E-state index contributed by atoms with van der Waals surface area (Å²) in [5.74, 6) is -1.53. The molecular weight excluding hydrogens is 424 g/mol. The quantitative estimate of drug-likeness (QED) is 0.566. The lowest BCUT2D eigenvalue weighted by Crippen LogP contribution is -2.54. The van der Waals surface area contributed by atoms with Gasteiger partial charge >= 0.3 is 0 Å². The van der Waals surface area contributed by atoms with E-state index < -0.39 is 29.7 Å². The van der Waals surface area contributed by atoms with Crippen molar-refractivity contribution >= 4 is 29.6 Å². The van der Waals surface area contributed by atoms with Gasteiger partial charge in [0.05, 0.1) is 11.1 Å². The SMILES string of the molecule is CNC1CCc2nc(NCc3ccc4c(c3)C(=O)N(C3CCC(=O)NC3=O)C4=O)ncc2C1. The number of aryl methyl sites for hydroxylation is 1. The molecule has 10 nitrogen and oxygen atoms in total. The second-order valence-electron chi connectivity index (χ2n) is 8.57. The zero-order valence-electron chi connectivity index (χ0n) is 18.2. The van der Waals surface area contributed by atoms with E-state index in [0.29, 0.717) is 18.5 Å². The van der Waals surface area contributed by atoms with Gasteiger partial charge < -0.3 is 10.6 Å². The van der Waals surface area contributed by atoms with Gasteiger partial charge in [-0.05, 0) is 56.0 Å². The van der Waals surface area contributed by atoms with Crippen molar-refractivity contribution in [2.24, 2.45) is 0 Å². The third-order valence-corrected chi connectivity index (χ3v) is 6.51. The minimum absolute atomic E-state index is 0.0926. The van der Waals surface area contributed by atoms with Crippen molar-refractivity contribution in [1.82, 2.24) is 25.5 Å². The van der Waals surface area contributed by atoms with Gasteiger partial charge in [0.15, 0.2) is 0 Å². The van der Waals surface area contributed by atoms with Crippen LogP contribution in [0.15, 0.2) is 24.4 Å². The molecule has 1 aliphatic carbocycles. The van der Waals surface area contributed by atoms with Crippen molar-refractivity contribution in [3.63, 3.8) is 0 Å². The van der Waals surface area contributed by atoms with Gasteiger partial charge in [0.2, 0.25) is 17.8 Å². The summed E-state index contributed by atoms with van der Waals surface area (Å²) in [5, 5.41) is 8.69. The van der Waals surface area contributed by atoms with E-state index in [1.807, 2.05) is 13.2 Å². The fourth-order valence-electron chi connectivity index (χ4n) is 4.65. The van der Waals surface area contributed by atoms with Gasteiger partial charge in [0.1, 0.15) is 6.04 Å². The van der Waals surface area contributed by atoms with Crippen LogP contribution in [0.2, 0.25) is 0 Å². The van der Waals surface area contributed by atoms with Crippen LogP contribution in [0.5, 0.6) is 0 Å². The van der Waals surface area contributed by atoms with Gasteiger partial charge in [-0.3, -0.25) is 29.4 Å². The zero-order chi connectivity index (χ0) is 23.1. The maximum atomic E-state index is 13.0. The molecule has 4 amide bonds. The summed E-state index contributed by atoms with van der Waals surface area (Å²) in [6, 6.07) is 4.50. The number of amides is 4. The Kier molecular flexibility index (Phi) is 5.37. The number of benzene rings is 1. The molecule has 2 unspecified atom stereocenters. The van der Waals surface area contributed by atoms with E-state index in [9.17, 15) is 19.2 Å². The Labute approximate surface area is 190 Å². The number of aromatic nitrogens is 2. The van der Waals surface area contributed by atoms with E-state index in [4.69, 9.17) is 0 Å². The maximum Gasteiger partial charge on any atom is 0.262 e. The molecule has 33 heavy (non-hydrogen) atoms. The smallest absolute Gasteiger partial charge is 0.262 e. The lowest BCUT2D eigenvalue weighted by molar-refractivity contribution is -0.136. The Balaban J connectivity index is 1.29. The van der Waals surface area contributed by atoms with Crippen LogP contribution in [0.4, 0.5) is 5.95 Å². The number of rotatable bonds is 5. The Morgan fingerprint density at radius 1 is 1.09 bits per heavy atom. The molecule has 1 saturated heterocycles. The summed E-state index contributed by atoms with van der Waals surface area (Å²) in [6.45, 7) is 0.380. The molecule has 1 fully saturated rings. The third kappa shape index (κ3) is 3.86. The summed E-state index contributed by atoms with van der Waals surface area (Å²) in [4.78, 5) is 59.4. The van der Waals surface area contributed by atoms with Crippen LogP contribution in [0.3, 0.4) is 0 Å². The van der Waals surface area contributed by atoms with E-state index in [2.05, 4.69) is 25.9 Å². The van der Waals surface area contributed by atoms with E-state index in [0.717, 1.165) is 41.0 Å². The van der Waals surface area contributed by atoms with Gasteiger partial charge in [-0.25, -0.2) is 9.97 Å². The number of likely N-dealkylation sites (N-methyl/N-ethyl adjacent to an activating group) is 1. The molecular formula is C23H24N6O4. The molecule has 0 bridgehead atoms. The molecule has 0 saturated carbocycles. The number of piperidine rings is 1. The van der Waals surface area contributed by atoms with Crippen LogP contribution >= 0.6 is 0 Å². The number of carbonyl (C=O) groups excluding carboxylic acids is 4. The highest BCUT2D eigenvalue weighted by Crippen LogP contribution is 2.28. The first-order valence-electron chi connectivity index (χ1n) is 11.0. The molecule has 2 aliphatic heterocycles. The number of carbonyl (C=O) groups is 4. The van der Waals surface area contributed by atoms with Gasteiger partial charge in [-0.15, -0.1) is 0 Å². The predicted molar refractivity (Wildman–Crippen MR) is 117 cm³/mol. The monoisotopic (exact) mass is 448 g/mol. The molecule has 5 rings (SSSR count). The molecule has 10 heteroatoms. The van der Waals surface area contributed by atoms with E-state index >= 15 is 0 Å². The molecule has 1 aromatic heterocycles. The van der Waals surface area contributed by atoms with Crippen LogP contribution in [0.25, 0.3) is 0 Å². The molecule has 1 aromatic carbocycles. The number of anilines is 1. The molecule has 2 atom stereocenters. The fraction of sp³-hybridized carbons (Fsp3) is 0.391. The highest BCUT2D eigenvalue weighted by molar-refractivity contribution is 6.23. The average molecular weight is 448 g/mol. The van der Waals surface area contributed by atoms with Gasteiger partial charge in [0, 0.05) is 30.9 Å². The average Bonchev–Trinajstić information content (AvgIpc) is 3.07. The third-order valence-electron chi connectivity index (χ3n) is 6.51. The fourth-order valence-corrected chi connectivity index (χ4v) is 4.65. The minimum atomic E-state index is -0.969. The summed E-state index contributed by atoms with van der Waals surface area (Å²) in [5.41, 5.74) is 3.51. The number of hydrogen-bond acceptors (Lipinski definition) is 8. The van der Waals surface area contributed by atoms with Gasteiger partial charge in [-0.1, -0.05) is 6.07 Å². The normalized spacial score (nSPS) is 22.2. The highest BCUT2D eigenvalue weighted by Gasteiger charge is 2.44. The van der Waals surface area contributed by atoms with Crippen molar-refractivity contribution in [2.75, 3.05) is 12.4 Å². The standard InChI is InChI=1S/C23H24N6O4/c1-24-14-3-5-17-13(9-14)11-26-23(27-17)25-10-12-2-4-15-16(8-12)22(33)29(21(15)32)18-6-7-19(30)28-20(18)31/h2,4,8,11,14,18,24H,3,5-7,9-10H2,1H3,(H,25,26,27)(H,28,30,31). The lowest BCUT2D eigenvalue weighted by atomic mass is 9.93. The Morgan fingerprint density at radius 2 is 1.91 bits per heavy atom. The van der Waals surface area contributed by atoms with Crippen molar-refractivity contribution in [3.05, 3.63) is 52.3 Å². The number of fused-ring (bicyclic) bond motifs is 2. The minimum Gasteiger partial charge on any atom is -0.350 e. The summed E-state index contributed by atoms with van der Waals surface area (Å²) in [6.07, 6.45) is 4.92. The van der Waals surface area contributed by atoms with Crippen molar-refractivity contribution in [3.8, 4) is 0 Å². The summed E-state index contributed by atoms with van der Waals surface area (Å²) in [7, 11) is 1.96. The van der Waals surface area contributed by atoms with Gasteiger partial charge in [0.25, 0.3) is 11.8 Å². The predicted octanol–water partition coefficient (Wildman–Crippen LogP) is 0.567. The first-order chi connectivity index (χ1) is 15.9. The number of nitrogens with zero attached hydrogens (tertiary/aromatic N) is 3. The summed E-state index contributed by atoms with van der Waals surface area (Å²) >= 11 is 0. The highest BCUT2D eigenvalue weighted by atomic mass is 16.2. The Hall–Kier alpha value is -3.66. The van der Waals surface area contributed by atoms with Crippen molar-refractivity contribution < 1.29 is 19.2 Å². The molecule has 3 N–H and O–H groups in total. The van der Waals surface area contributed by atoms with E-state index in [1.54, 1.807) is 18.2 Å². The zero-order valence-corrected chi connectivity index (χ0v) is 18.2. The van der Waals surface area contributed by atoms with Gasteiger partial charge in [-0.2, -0.15) is 0 Å². The van der Waals surface area contributed by atoms with E-state index in [1.165, 1.54) is 0 Å². The largest absolute Gasteiger partial charge is 0.350 e. The first kappa shape index (κ1) is 21.2. The van der Waals surface area contributed by atoms with Crippen molar-refractivity contribution in [1.29, 1.82) is 0 Å². The summed E-state index contributed by atoms with van der Waals surface area (Å²) < 4.78 is 0. The molecule has 3 aliphatic rings. The molecule has 2 aromatic rings. The van der Waals surface area contributed by atoms with Crippen LogP contribution in [0.1, 0.15) is 56.8 Å². The van der Waals surface area contributed by atoms with Crippen molar-refractivity contribution in [2.45, 2.75) is 50.7 Å². The van der Waals surface area contributed by atoms with Crippen LogP contribution in [0, 0.1) is 0 Å². The Bertz CT molecular complexity index is 1180. The maximum absolute atomic E-state index is 13.0. The molecule has 0 radical (unpaired) electrons. The second kappa shape index (κ2) is 8.36. The van der Waals surface area contributed by atoms with Crippen LogP contribution in [-0.2, 0) is 29.0 Å². The van der Waals surface area contributed by atoms with E-state index in [-0.39, 0.29) is 24.0 Å². The topological polar surface area (TPSA) is 133 Å². The number of imide groups is 2. The second-order valence-corrected chi connectivity index (χ2v) is 8.57. The molecule has 0 spiro atoms. The molecule has 170 valence electrons. The molecule has 3 heterocycles. The first-order valence-corrected chi connectivity index (χ1v) is 11.0. The van der Waals surface area contributed by atoms with Crippen LogP contribution < -0.4 is 16.0 Å². The van der Waals surface area contributed by atoms with Crippen LogP contribution in [-0.4, -0.2) is 57.6 Å². The lowest BCUT2D eigenvalue weighted by Gasteiger charge is -2.27.